The quantitative estimate of drug-likeness (QED) is 0.0838. The third-order valence-electron chi connectivity index (χ3n) is 26.0. The van der Waals surface area contributed by atoms with E-state index in [1.165, 1.54) is 11.1 Å². The molecule has 0 saturated heterocycles. The van der Waals surface area contributed by atoms with Crippen LogP contribution in [0.3, 0.4) is 0 Å². The van der Waals surface area contributed by atoms with Crippen molar-refractivity contribution in [1.82, 2.24) is 0 Å². The zero-order valence-electron chi connectivity index (χ0n) is 41.0. The van der Waals surface area contributed by atoms with Crippen LogP contribution in [0.5, 0.6) is 0 Å². The van der Waals surface area contributed by atoms with E-state index in [9.17, 15) is 0 Å². The number of benzene rings is 18. The minimum absolute atomic E-state index is 0.219. The summed E-state index contributed by atoms with van der Waals surface area (Å²) in [4.78, 5) is 0. The Balaban J connectivity index is 1.00. The molecule has 75 heavy (non-hydrogen) atoms. The van der Waals surface area contributed by atoms with Crippen LogP contribution in [0.4, 0.5) is 0 Å². The Labute approximate surface area is 417 Å². The highest BCUT2D eigenvalue weighted by Gasteiger charge is 2.64. The van der Waals surface area contributed by atoms with Crippen molar-refractivity contribution in [2.45, 2.75) is 64.1 Å². The summed E-state index contributed by atoms with van der Waals surface area (Å²) >= 11 is 0. The Morgan fingerprint density at radius 3 is 0.827 bits per heavy atom. The maximum absolute atomic E-state index is 7.68. The molecule has 0 saturated carbocycles. The van der Waals surface area contributed by atoms with E-state index in [4.69, 9.17) is 4.43 Å². The van der Waals surface area contributed by atoms with Gasteiger partial charge in [0.15, 0.2) is 8.32 Å². The molecule has 28 aromatic carbocycles. The minimum Gasteiger partial charge on any atom is -0.414 e. The first kappa shape index (κ1) is 31.1. The molecular weight excluding hydrogens is 921 g/mol. The van der Waals surface area contributed by atoms with Gasteiger partial charge in [0.2, 0.25) is 0 Å². The standard InChI is InChI=1S/C73H26OSi/c1-12(2)7-6-8-13(3)9-10-74-75(4,5)11-73-70-66-60-46-38-30-18-15-14-16-19(18)31-33-29-23(16)25-21-17(14)20-24-22(15)28-32(30)44(46)52-50-36(28)34(24)42-40-26(20)27(21)41-43-35(25)37(29)51-53-45(33)47(39(31)38)61(60)67(70)63(53)65-57(51)55(43)59-49(41)48(40)58-54(42)56(50)64(62(52)66)71(73)68(58)69(59)72(65)73/h7,9,70H,6,8,10-11H2,1-5H3/b13-9+. The van der Waals surface area contributed by atoms with Gasteiger partial charge < -0.3 is 4.43 Å². The fourth-order valence-electron chi connectivity index (χ4n) is 25.4. The van der Waals surface area contributed by atoms with Gasteiger partial charge in [-0.05, 0) is 366 Å². The van der Waals surface area contributed by atoms with Gasteiger partial charge in [-0.3, -0.25) is 0 Å². The van der Waals surface area contributed by atoms with Crippen molar-refractivity contribution in [3.8, 4) is 0 Å². The molecule has 0 bridgehead atoms. The Bertz CT molecular complexity index is 7150. The SMILES string of the molecule is CC(C)=CCC/C(C)=C/CO[Si](C)(C)CC12c3c4c5c6c7c8c(c9c%10c1c1c3c3c%11c4c4c5c5c7c7c%12c8c8c9c9c%10c%10c1c1c3c3c%11c%11c4c4c5c7c5c7c%12c8c8c9c9c%10c1c1c3c3c%11c4c5c4c7c8c9c1c34)C62. The lowest BCUT2D eigenvalue weighted by atomic mass is 9.58. The Morgan fingerprint density at radius 2 is 0.560 bits per heavy atom. The van der Waals surface area contributed by atoms with Crippen molar-refractivity contribution < 1.29 is 4.43 Å². The van der Waals surface area contributed by atoms with Gasteiger partial charge >= 0.3 is 0 Å². The lowest BCUT2D eigenvalue weighted by Crippen LogP contribution is -2.45. The molecule has 0 spiro atoms. The van der Waals surface area contributed by atoms with E-state index in [0.717, 1.165) is 25.5 Å². The monoisotopic (exact) mass is 946 g/mol. The highest BCUT2D eigenvalue weighted by molar-refractivity contribution is 6.82. The first-order valence-electron chi connectivity index (χ1n) is 28.6. The Hall–Kier alpha value is -7.88. The predicted octanol–water partition coefficient (Wildman–Crippen LogP) is 21.1. The van der Waals surface area contributed by atoms with Crippen molar-refractivity contribution in [2.75, 3.05) is 6.61 Å². The summed E-state index contributed by atoms with van der Waals surface area (Å²) in [5, 5.41) is 90.5. The van der Waals surface area contributed by atoms with Gasteiger partial charge in [-0.2, -0.15) is 0 Å². The summed E-state index contributed by atoms with van der Waals surface area (Å²) in [5.41, 5.74) is 9.75. The van der Waals surface area contributed by atoms with E-state index in [0.29, 0.717) is 0 Å². The molecule has 4 aliphatic carbocycles. The maximum Gasteiger partial charge on any atom is 0.188 e. The zero-order valence-corrected chi connectivity index (χ0v) is 42.0. The molecule has 0 aromatic heterocycles. The second-order valence-corrected chi connectivity index (χ2v) is 32.5. The minimum atomic E-state index is -2.46. The summed E-state index contributed by atoms with van der Waals surface area (Å²) in [5.74, 6) is 0.278. The van der Waals surface area contributed by atoms with E-state index in [1.807, 2.05) is 0 Å². The predicted molar refractivity (Wildman–Crippen MR) is 326 cm³/mol. The second kappa shape index (κ2) is 7.44. The van der Waals surface area contributed by atoms with Crippen LogP contribution in [-0.2, 0) is 9.84 Å². The highest BCUT2D eigenvalue weighted by Crippen LogP contribution is 2.84. The van der Waals surface area contributed by atoms with Crippen LogP contribution in [0, 0.1) is 0 Å². The first-order valence-corrected chi connectivity index (χ1v) is 31.7. The first-order chi connectivity index (χ1) is 36.9. The molecule has 4 aliphatic rings. The molecule has 1 nitrogen and oxygen atoms in total. The van der Waals surface area contributed by atoms with Gasteiger partial charge in [-0.1, -0.05) is 23.3 Å². The van der Waals surface area contributed by atoms with Crippen LogP contribution in [0.2, 0.25) is 19.1 Å². The van der Waals surface area contributed by atoms with Crippen molar-refractivity contribution in [3.63, 3.8) is 0 Å². The summed E-state index contributed by atoms with van der Waals surface area (Å²) in [7, 11) is -2.46. The van der Waals surface area contributed by atoms with Gasteiger partial charge in [-0.15, -0.1) is 0 Å². The van der Waals surface area contributed by atoms with Crippen molar-refractivity contribution >= 4 is 299 Å². The Morgan fingerprint density at radius 1 is 0.333 bits per heavy atom. The van der Waals surface area contributed by atoms with E-state index >= 15 is 0 Å². The molecule has 0 heterocycles. The molecule has 0 amide bonds. The van der Waals surface area contributed by atoms with Gasteiger partial charge in [0, 0.05) is 11.3 Å². The molecule has 0 unspecified atom stereocenters. The lowest BCUT2D eigenvalue weighted by molar-refractivity contribution is 0.337. The molecule has 328 valence electrons. The number of hydrogen-bond donors (Lipinski definition) is 0. The summed E-state index contributed by atoms with van der Waals surface area (Å²) in [6, 6.07) is 1.12. The number of rotatable bonds is 8. The van der Waals surface area contributed by atoms with E-state index in [2.05, 4.69) is 46.0 Å². The average molecular weight is 947 g/mol. The number of hydrogen-bond acceptors (Lipinski definition) is 1. The highest BCUT2D eigenvalue weighted by atomic mass is 28.4. The van der Waals surface area contributed by atoms with Gasteiger partial charge in [0.25, 0.3) is 0 Å². The van der Waals surface area contributed by atoms with Crippen LogP contribution in [0.25, 0.3) is 291 Å². The van der Waals surface area contributed by atoms with Crippen LogP contribution in [0.15, 0.2) is 23.3 Å². The molecule has 32 rings (SSSR count). The lowest BCUT2D eigenvalue weighted by Gasteiger charge is -2.48. The van der Waals surface area contributed by atoms with Crippen LogP contribution in [0.1, 0.15) is 61.8 Å². The van der Waals surface area contributed by atoms with Crippen LogP contribution >= 0.6 is 0 Å². The van der Waals surface area contributed by atoms with E-state index in [-0.39, 0.29) is 11.3 Å². The third kappa shape index (κ3) is 1.91. The van der Waals surface area contributed by atoms with E-state index in [1.54, 1.807) is 313 Å². The van der Waals surface area contributed by atoms with Crippen molar-refractivity contribution in [3.05, 3.63) is 45.6 Å². The second-order valence-electron chi connectivity index (χ2n) is 28.3. The molecular formula is C73H26OSi. The summed E-state index contributed by atoms with van der Waals surface area (Å²) in [6.45, 7) is 12.8. The Kier molecular flexibility index (Phi) is 3.09. The van der Waals surface area contributed by atoms with Crippen molar-refractivity contribution in [2.24, 2.45) is 0 Å². The number of allylic oxidation sites excluding steroid dienone is 3. The summed E-state index contributed by atoms with van der Waals surface area (Å²) in [6.07, 6.45) is 7.07. The molecule has 28 aromatic rings. The molecule has 0 radical (unpaired) electrons. The van der Waals surface area contributed by atoms with Gasteiger partial charge in [-0.25, -0.2) is 0 Å². The zero-order chi connectivity index (χ0) is 46.2. The average Bonchev–Trinajstić information content (AvgIpc) is 2.89. The summed E-state index contributed by atoms with van der Waals surface area (Å²) < 4.78 is 7.68. The molecule has 2 heteroatoms. The topological polar surface area (TPSA) is 9.23 Å². The smallest absolute Gasteiger partial charge is 0.188 e. The molecule has 0 atom stereocenters. The van der Waals surface area contributed by atoms with Crippen LogP contribution in [-0.4, -0.2) is 14.9 Å². The van der Waals surface area contributed by atoms with Gasteiger partial charge in [0.1, 0.15) is 0 Å². The van der Waals surface area contributed by atoms with E-state index < -0.39 is 8.32 Å². The fraction of sp³-hybridized carbons (Fsp3) is 0.151. The third-order valence-corrected chi connectivity index (χ3v) is 28.3. The van der Waals surface area contributed by atoms with Crippen molar-refractivity contribution in [1.29, 1.82) is 0 Å². The molecule has 0 N–H and O–H groups in total. The largest absolute Gasteiger partial charge is 0.414 e. The van der Waals surface area contributed by atoms with Crippen LogP contribution < -0.4 is 0 Å². The normalized spacial score (nSPS) is 20.6. The molecule has 0 aliphatic heterocycles. The molecule has 0 fully saturated rings. The fourth-order valence-corrected chi connectivity index (χ4v) is 28.0. The maximum atomic E-state index is 7.68. The van der Waals surface area contributed by atoms with Gasteiger partial charge in [0.05, 0.1) is 6.61 Å².